The van der Waals surface area contributed by atoms with Crippen LogP contribution in [0.4, 0.5) is 0 Å². The highest BCUT2D eigenvalue weighted by atomic mass is 16.2. The number of piperidine rings is 1. The first-order valence-electron chi connectivity index (χ1n) is 7.36. The number of likely N-dealkylation sites (tertiary alicyclic amines) is 1. The summed E-state index contributed by atoms with van der Waals surface area (Å²) in [5.41, 5.74) is 2.98. The van der Waals surface area contributed by atoms with Gasteiger partial charge in [0.05, 0.1) is 5.56 Å². The van der Waals surface area contributed by atoms with Crippen LogP contribution in [0.1, 0.15) is 40.4 Å². The molecule has 0 saturated carbocycles. The van der Waals surface area contributed by atoms with Crippen LogP contribution in [0.5, 0.6) is 0 Å². The van der Waals surface area contributed by atoms with Crippen LogP contribution < -0.4 is 0 Å². The van der Waals surface area contributed by atoms with Gasteiger partial charge in [-0.1, -0.05) is 0 Å². The number of hydrogen-bond donors (Lipinski definition) is 0. The van der Waals surface area contributed by atoms with E-state index in [1.807, 2.05) is 24.1 Å². The molecule has 1 fully saturated rings. The minimum atomic E-state index is 0.0820. The van der Waals surface area contributed by atoms with E-state index in [-0.39, 0.29) is 5.91 Å². The van der Waals surface area contributed by atoms with Crippen LogP contribution in [-0.4, -0.2) is 33.9 Å². The second-order valence-electron chi connectivity index (χ2n) is 5.56. The molecule has 1 saturated heterocycles. The fourth-order valence-electron chi connectivity index (χ4n) is 2.93. The van der Waals surface area contributed by atoms with Gasteiger partial charge in [0.2, 0.25) is 0 Å². The molecule has 2 aromatic heterocycles. The second-order valence-corrected chi connectivity index (χ2v) is 5.56. The maximum Gasteiger partial charge on any atom is 0.255 e. The van der Waals surface area contributed by atoms with Crippen molar-refractivity contribution >= 4 is 5.91 Å². The Bertz CT molecular complexity index is 627. The molecule has 0 aliphatic carbocycles. The van der Waals surface area contributed by atoms with Gasteiger partial charge in [0.1, 0.15) is 0 Å². The number of rotatable bonds is 2. The Kier molecular flexibility index (Phi) is 3.95. The maximum absolute atomic E-state index is 12.5. The summed E-state index contributed by atoms with van der Waals surface area (Å²) in [5.74, 6) is 0.486. The number of amides is 1. The summed E-state index contributed by atoms with van der Waals surface area (Å²) in [6.45, 7) is 3.61. The van der Waals surface area contributed by atoms with E-state index in [1.54, 1.807) is 18.5 Å². The summed E-state index contributed by atoms with van der Waals surface area (Å²) in [4.78, 5) is 22.7. The van der Waals surface area contributed by atoms with E-state index in [9.17, 15) is 4.79 Å². The summed E-state index contributed by atoms with van der Waals surface area (Å²) in [7, 11) is 0. The lowest BCUT2D eigenvalue weighted by Gasteiger charge is -2.33. The molecular formula is C17H19N3O. The molecule has 3 rings (SSSR count). The van der Waals surface area contributed by atoms with Crippen LogP contribution in [-0.2, 0) is 0 Å². The van der Waals surface area contributed by atoms with Crippen molar-refractivity contribution < 1.29 is 4.79 Å². The molecule has 0 spiro atoms. The number of nitrogens with zero attached hydrogens (tertiary/aromatic N) is 3. The Morgan fingerprint density at radius 1 is 1.33 bits per heavy atom. The van der Waals surface area contributed by atoms with Crippen LogP contribution in [0.15, 0.2) is 42.9 Å². The van der Waals surface area contributed by atoms with Crippen LogP contribution in [0.2, 0.25) is 0 Å². The quantitative estimate of drug-likeness (QED) is 0.850. The van der Waals surface area contributed by atoms with Crippen molar-refractivity contribution in [1.82, 2.24) is 14.9 Å². The highest BCUT2D eigenvalue weighted by Crippen LogP contribution is 2.27. The van der Waals surface area contributed by atoms with Crippen molar-refractivity contribution in [1.29, 1.82) is 0 Å². The number of aryl methyl sites for hydroxylation is 1. The molecule has 0 bridgehead atoms. The van der Waals surface area contributed by atoms with Crippen molar-refractivity contribution in [3.8, 4) is 0 Å². The zero-order chi connectivity index (χ0) is 14.7. The van der Waals surface area contributed by atoms with Crippen LogP contribution >= 0.6 is 0 Å². The van der Waals surface area contributed by atoms with Gasteiger partial charge in [0, 0.05) is 43.3 Å². The lowest BCUT2D eigenvalue weighted by molar-refractivity contribution is 0.0706. The van der Waals surface area contributed by atoms with Gasteiger partial charge in [-0.25, -0.2) is 0 Å². The molecule has 0 radical (unpaired) electrons. The fraction of sp³-hybridized carbons (Fsp3) is 0.353. The molecule has 0 unspecified atom stereocenters. The van der Waals surface area contributed by atoms with Crippen molar-refractivity contribution in [3.05, 3.63) is 59.7 Å². The van der Waals surface area contributed by atoms with E-state index in [0.29, 0.717) is 11.5 Å². The van der Waals surface area contributed by atoms with Gasteiger partial charge in [-0.2, -0.15) is 0 Å². The highest BCUT2D eigenvalue weighted by molar-refractivity contribution is 5.94. The summed E-state index contributed by atoms with van der Waals surface area (Å²) >= 11 is 0. The zero-order valence-electron chi connectivity index (χ0n) is 12.2. The third-order valence-electron chi connectivity index (χ3n) is 4.01. The highest BCUT2D eigenvalue weighted by Gasteiger charge is 2.25. The lowest BCUT2D eigenvalue weighted by atomic mass is 9.90. The summed E-state index contributed by atoms with van der Waals surface area (Å²) in [6.07, 6.45) is 7.35. The molecule has 108 valence electrons. The SMILES string of the molecule is Cc1cc([C@@H]2CCCN(C(=O)c3cccnc3)C2)ccn1. The van der Waals surface area contributed by atoms with Crippen molar-refractivity contribution in [2.45, 2.75) is 25.7 Å². The molecule has 1 aliphatic rings. The van der Waals surface area contributed by atoms with Crippen molar-refractivity contribution in [2.75, 3.05) is 13.1 Å². The molecular weight excluding hydrogens is 262 g/mol. The van der Waals surface area contributed by atoms with E-state index in [1.165, 1.54) is 5.56 Å². The average molecular weight is 281 g/mol. The molecule has 3 heterocycles. The third kappa shape index (κ3) is 3.10. The van der Waals surface area contributed by atoms with E-state index >= 15 is 0 Å². The van der Waals surface area contributed by atoms with Gasteiger partial charge >= 0.3 is 0 Å². The molecule has 1 amide bonds. The number of hydrogen-bond acceptors (Lipinski definition) is 3. The first-order chi connectivity index (χ1) is 10.2. The Balaban J connectivity index is 1.75. The fourth-order valence-corrected chi connectivity index (χ4v) is 2.93. The predicted octanol–water partition coefficient (Wildman–Crippen LogP) is 2.80. The molecule has 4 heteroatoms. The molecule has 21 heavy (non-hydrogen) atoms. The zero-order valence-corrected chi connectivity index (χ0v) is 12.2. The first kappa shape index (κ1) is 13.7. The summed E-state index contributed by atoms with van der Waals surface area (Å²) < 4.78 is 0. The van der Waals surface area contributed by atoms with Gasteiger partial charge in [0.25, 0.3) is 5.91 Å². The van der Waals surface area contributed by atoms with Crippen LogP contribution in [0.25, 0.3) is 0 Å². The van der Waals surface area contributed by atoms with Gasteiger partial charge < -0.3 is 4.90 Å². The molecule has 4 nitrogen and oxygen atoms in total. The Morgan fingerprint density at radius 2 is 2.24 bits per heavy atom. The number of aromatic nitrogens is 2. The van der Waals surface area contributed by atoms with E-state index in [2.05, 4.69) is 22.1 Å². The Morgan fingerprint density at radius 3 is 3.00 bits per heavy atom. The summed E-state index contributed by atoms with van der Waals surface area (Å²) in [6, 6.07) is 7.83. The van der Waals surface area contributed by atoms with Crippen LogP contribution in [0.3, 0.4) is 0 Å². The lowest BCUT2D eigenvalue weighted by Crippen LogP contribution is -2.39. The molecule has 1 atom stereocenters. The smallest absolute Gasteiger partial charge is 0.255 e. The van der Waals surface area contributed by atoms with Crippen molar-refractivity contribution in [2.24, 2.45) is 0 Å². The van der Waals surface area contributed by atoms with Crippen molar-refractivity contribution in [3.63, 3.8) is 0 Å². The van der Waals surface area contributed by atoms with Crippen LogP contribution in [0, 0.1) is 6.92 Å². The first-order valence-corrected chi connectivity index (χ1v) is 7.36. The van der Waals surface area contributed by atoms with E-state index in [4.69, 9.17) is 0 Å². The van der Waals surface area contributed by atoms with Gasteiger partial charge in [-0.3, -0.25) is 14.8 Å². The second kappa shape index (κ2) is 6.04. The van der Waals surface area contributed by atoms with E-state index < -0.39 is 0 Å². The largest absolute Gasteiger partial charge is 0.338 e. The monoisotopic (exact) mass is 281 g/mol. The number of pyridine rings is 2. The molecule has 1 aliphatic heterocycles. The topological polar surface area (TPSA) is 46.1 Å². The minimum Gasteiger partial charge on any atom is -0.338 e. The predicted molar refractivity (Wildman–Crippen MR) is 81.1 cm³/mol. The third-order valence-corrected chi connectivity index (χ3v) is 4.01. The Labute approximate surface area is 124 Å². The minimum absolute atomic E-state index is 0.0820. The number of carbonyl (C=O) groups excluding carboxylic acids is 1. The Hall–Kier alpha value is -2.23. The summed E-state index contributed by atoms with van der Waals surface area (Å²) in [5, 5.41) is 0. The number of carbonyl (C=O) groups is 1. The van der Waals surface area contributed by atoms with Gasteiger partial charge in [-0.15, -0.1) is 0 Å². The van der Waals surface area contributed by atoms with E-state index in [0.717, 1.165) is 31.6 Å². The maximum atomic E-state index is 12.5. The molecule has 0 aromatic carbocycles. The molecule has 2 aromatic rings. The standard InChI is InChI=1S/C17H19N3O/c1-13-10-14(6-8-19-13)16-5-3-9-20(12-16)17(21)15-4-2-7-18-11-15/h2,4,6-8,10-11,16H,3,5,9,12H2,1H3/t16-/m1/s1. The average Bonchev–Trinajstić information content (AvgIpc) is 2.55. The molecule has 0 N–H and O–H groups in total. The normalized spacial score (nSPS) is 18.5. The van der Waals surface area contributed by atoms with Gasteiger partial charge in [-0.05, 0) is 49.6 Å². The van der Waals surface area contributed by atoms with Gasteiger partial charge in [0.15, 0.2) is 0 Å².